The molecule has 1 rings (SSSR count). The molecule has 2 amide bonds. The number of hydrogen-bond acceptors (Lipinski definition) is 2. The maximum atomic E-state index is 12.0. The van der Waals surface area contributed by atoms with Gasteiger partial charge in [0.2, 0.25) is 11.8 Å². The molecular formula is C13H23BrN2O2. The minimum Gasteiger partial charge on any atom is -0.339 e. The second-order valence-corrected chi connectivity index (χ2v) is 7.73. The van der Waals surface area contributed by atoms with Gasteiger partial charge < -0.3 is 9.80 Å². The zero-order valence-corrected chi connectivity index (χ0v) is 13.3. The topological polar surface area (TPSA) is 40.6 Å². The smallest absolute Gasteiger partial charge is 0.239 e. The van der Waals surface area contributed by atoms with Gasteiger partial charge in [-0.05, 0) is 19.8 Å². The van der Waals surface area contributed by atoms with Gasteiger partial charge in [-0.15, -0.1) is 0 Å². The van der Waals surface area contributed by atoms with E-state index >= 15 is 0 Å². The van der Waals surface area contributed by atoms with Crippen LogP contribution in [0.4, 0.5) is 0 Å². The molecular weight excluding hydrogens is 296 g/mol. The lowest BCUT2D eigenvalue weighted by Crippen LogP contribution is -2.53. The summed E-state index contributed by atoms with van der Waals surface area (Å²) in [5, 5.41) is 0. The third kappa shape index (κ3) is 4.26. The van der Waals surface area contributed by atoms with Crippen LogP contribution in [0.5, 0.6) is 0 Å². The first-order valence-electron chi connectivity index (χ1n) is 6.48. The summed E-state index contributed by atoms with van der Waals surface area (Å²) in [4.78, 5) is 27.6. The lowest BCUT2D eigenvalue weighted by atomic mass is 10.1. The summed E-state index contributed by atoms with van der Waals surface area (Å²) >= 11 is 3.38. The summed E-state index contributed by atoms with van der Waals surface area (Å²) in [6, 6.07) is 0. The molecule has 0 saturated carbocycles. The molecule has 1 aliphatic heterocycles. The van der Waals surface area contributed by atoms with E-state index < -0.39 is 4.32 Å². The van der Waals surface area contributed by atoms with Crippen LogP contribution >= 0.6 is 15.9 Å². The van der Waals surface area contributed by atoms with E-state index in [1.807, 2.05) is 37.5 Å². The average Bonchev–Trinajstić information content (AvgIpc) is 2.26. The van der Waals surface area contributed by atoms with Crippen LogP contribution in [0.15, 0.2) is 0 Å². The van der Waals surface area contributed by atoms with Gasteiger partial charge in [-0.25, -0.2) is 0 Å². The number of hydrogen-bond donors (Lipinski definition) is 0. The zero-order chi connectivity index (χ0) is 13.9. The maximum absolute atomic E-state index is 12.0. The van der Waals surface area contributed by atoms with Crippen molar-refractivity contribution in [3.8, 4) is 0 Å². The van der Waals surface area contributed by atoms with Gasteiger partial charge in [0.25, 0.3) is 0 Å². The Morgan fingerprint density at radius 1 is 1.11 bits per heavy atom. The number of rotatable bonds is 3. The molecule has 0 unspecified atom stereocenters. The Bertz CT molecular complexity index is 315. The molecule has 1 aliphatic rings. The lowest BCUT2D eigenvalue weighted by Gasteiger charge is -2.37. The number of amides is 2. The van der Waals surface area contributed by atoms with Crippen LogP contribution in [0, 0.1) is 5.92 Å². The van der Waals surface area contributed by atoms with Crippen molar-refractivity contribution in [3.05, 3.63) is 0 Å². The average molecular weight is 319 g/mol. The van der Waals surface area contributed by atoms with Crippen LogP contribution in [0.2, 0.25) is 0 Å². The fraction of sp³-hybridized carbons (Fsp3) is 0.846. The highest BCUT2D eigenvalue weighted by atomic mass is 79.9. The monoisotopic (exact) mass is 318 g/mol. The van der Waals surface area contributed by atoms with Crippen LogP contribution in [0.25, 0.3) is 0 Å². The minimum absolute atomic E-state index is 0.0958. The summed E-state index contributed by atoms with van der Waals surface area (Å²) in [6.45, 7) is 10.4. The Morgan fingerprint density at radius 2 is 1.56 bits per heavy atom. The molecule has 0 radical (unpaired) electrons. The van der Waals surface area contributed by atoms with Crippen molar-refractivity contribution in [1.29, 1.82) is 0 Å². The van der Waals surface area contributed by atoms with E-state index in [0.717, 1.165) is 0 Å². The number of carbonyl (C=O) groups excluding carboxylic acids is 2. The van der Waals surface area contributed by atoms with E-state index in [0.29, 0.717) is 38.5 Å². The predicted molar refractivity (Wildman–Crippen MR) is 75.6 cm³/mol. The van der Waals surface area contributed by atoms with Crippen LogP contribution in [-0.4, -0.2) is 52.1 Å². The first-order valence-corrected chi connectivity index (χ1v) is 7.27. The van der Waals surface area contributed by atoms with E-state index in [-0.39, 0.29) is 11.8 Å². The molecule has 0 atom stereocenters. The van der Waals surface area contributed by atoms with Crippen molar-refractivity contribution in [1.82, 2.24) is 9.80 Å². The summed E-state index contributed by atoms with van der Waals surface area (Å²) < 4.78 is -0.517. The molecule has 0 aromatic heterocycles. The Hall–Kier alpha value is -0.580. The van der Waals surface area contributed by atoms with Crippen molar-refractivity contribution >= 4 is 27.7 Å². The van der Waals surface area contributed by atoms with E-state index in [4.69, 9.17) is 0 Å². The highest BCUT2D eigenvalue weighted by Crippen LogP contribution is 2.20. The predicted octanol–water partition coefficient (Wildman–Crippen LogP) is 1.88. The minimum atomic E-state index is -0.517. The molecule has 0 bridgehead atoms. The highest BCUT2D eigenvalue weighted by Gasteiger charge is 2.32. The van der Waals surface area contributed by atoms with Crippen LogP contribution in [0.1, 0.15) is 34.1 Å². The molecule has 18 heavy (non-hydrogen) atoms. The second kappa shape index (κ2) is 6.04. The van der Waals surface area contributed by atoms with Crippen LogP contribution < -0.4 is 0 Å². The molecule has 0 N–H and O–H groups in total. The van der Waals surface area contributed by atoms with E-state index in [2.05, 4.69) is 15.9 Å². The fourth-order valence-electron chi connectivity index (χ4n) is 2.01. The Balaban J connectivity index is 2.46. The first kappa shape index (κ1) is 15.5. The van der Waals surface area contributed by atoms with Gasteiger partial charge in [0, 0.05) is 32.6 Å². The number of halogens is 1. The highest BCUT2D eigenvalue weighted by molar-refractivity contribution is 9.10. The molecule has 1 heterocycles. The van der Waals surface area contributed by atoms with Gasteiger partial charge in [-0.3, -0.25) is 9.59 Å². The number of carbonyl (C=O) groups is 2. The van der Waals surface area contributed by atoms with E-state index in [1.165, 1.54) is 0 Å². The summed E-state index contributed by atoms with van der Waals surface area (Å²) in [5.41, 5.74) is 0. The van der Waals surface area contributed by atoms with Crippen molar-refractivity contribution in [2.45, 2.75) is 38.4 Å². The van der Waals surface area contributed by atoms with Crippen molar-refractivity contribution in [2.24, 2.45) is 5.92 Å². The maximum Gasteiger partial charge on any atom is 0.239 e. The van der Waals surface area contributed by atoms with Crippen LogP contribution in [0.3, 0.4) is 0 Å². The van der Waals surface area contributed by atoms with Crippen molar-refractivity contribution in [2.75, 3.05) is 26.2 Å². The third-order valence-corrected chi connectivity index (χ3v) is 3.35. The van der Waals surface area contributed by atoms with Crippen LogP contribution in [-0.2, 0) is 9.59 Å². The number of nitrogens with zero attached hydrogens (tertiary/aromatic N) is 2. The molecule has 104 valence electrons. The zero-order valence-electron chi connectivity index (χ0n) is 11.7. The van der Waals surface area contributed by atoms with Gasteiger partial charge in [0.1, 0.15) is 0 Å². The van der Waals surface area contributed by atoms with Gasteiger partial charge in [0.05, 0.1) is 4.32 Å². The fourth-order valence-corrected chi connectivity index (χ4v) is 2.26. The Kier molecular flexibility index (Phi) is 5.20. The normalized spacial score (nSPS) is 17.2. The van der Waals surface area contributed by atoms with Gasteiger partial charge in [0.15, 0.2) is 0 Å². The van der Waals surface area contributed by atoms with Crippen molar-refractivity contribution in [3.63, 3.8) is 0 Å². The molecule has 1 saturated heterocycles. The molecule has 0 aromatic rings. The van der Waals surface area contributed by atoms with Gasteiger partial charge in [-0.1, -0.05) is 29.8 Å². The standard InChI is InChI=1S/C13H23BrN2O2/c1-10(2)9-11(17)15-5-7-16(8-6-15)12(18)13(3,4)14/h10H,5-9H2,1-4H3. The lowest BCUT2D eigenvalue weighted by molar-refractivity contribution is -0.140. The summed E-state index contributed by atoms with van der Waals surface area (Å²) in [7, 11) is 0. The largest absolute Gasteiger partial charge is 0.339 e. The second-order valence-electron chi connectivity index (χ2n) is 5.74. The first-order chi connectivity index (χ1) is 8.21. The molecule has 0 spiro atoms. The van der Waals surface area contributed by atoms with Crippen molar-refractivity contribution < 1.29 is 9.59 Å². The van der Waals surface area contributed by atoms with Gasteiger partial charge >= 0.3 is 0 Å². The SMILES string of the molecule is CC(C)CC(=O)N1CCN(C(=O)C(C)(C)Br)CC1. The molecule has 0 aromatic carbocycles. The summed E-state index contributed by atoms with van der Waals surface area (Å²) in [5.74, 6) is 0.687. The number of alkyl halides is 1. The summed E-state index contributed by atoms with van der Waals surface area (Å²) in [6.07, 6.45) is 0.595. The van der Waals surface area contributed by atoms with Gasteiger partial charge in [-0.2, -0.15) is 0 Å². The molecule has 5 heteroatoms. The molecule has 0 aliphatic carbocycles. The van der Waals surface area contributed by atoms with E-state index in [9.17, 15) is 9.59 Å². The Morgan fingerprint density at radius 3 is 1.94 bits per heavy atom. The Labute approximate surface area is 118 Å². The molecule has 4 nitrogen and oxygen atoms in total. The third-order valence-electron chi connectivity index (χ3n) is 3.01. The number of piperazine rings is 1. The molecule has 1 fully saturated rings. The quantitative estimate of drug-likeness (QED) is 0.745. The van der Waals surface area contributed by atoms with E-state index in [1.54, 1.807) is 0 Å².